The summed E-state index contributed by atoms with van der Waals surface area (Å²) in [5, 5.41) is 12.7. The molecule has 4 rings (SSSR count). The Bertz CT molecular complexity index is 985. The highest BCUT2D eigenvalue weighted by molar-refractivity contribution is 5.75. The molecule has 1 aromatic carbocycles. The Morgan fingerprint density at radius 1 is 1.17 bits per heavy atom. The maximum atomic E-state index is 4.50. The first-order chi connectivity index (χ1) is 11.8. The van der Waals surface area contributed by atoms with E-state index < -0.39 is 0 Å². The number of likely N-dealkylation sites (N-methyl/N-ethyl adjacent to an activating group) is 1. The lowest BCUT2D eigenvalue weighted by molar-refractivity contribution is 0.699. The van der Waals surface area contributed by atoms with E-state index in [1.165, 1.54) is 0 Å². The standard InChI is InChI=1S/C17H19N7/c1-3-13-10-16(17-20-19-12-24(17)21-13)22(2)8-9-23-11-18-14-6-4-5-7-15(14)23/h4-7,10-12H,3,8-9H2,1-2H3. The molecule has 0 aliphatic heterocycles. The molecule has 0 spiro atoms. The van der Waals surface area contributed by atoms with Crippen molar-refractivity contribution in [3.05, 3.63) is 48.7 Å². The van der Waals surface area contributed by atoms with Crippen LogP contribution in [-0.2, 0) is 13.0 Å². The predicted molar refractivity (Wildman–Crippen MR) is 93.2 cm³/mol. The largest absolute Gasteiger partial charge is 0.370 e. The maximum absolute atomic E-state index is 4.50. The van der Waals surface area contributed by atoms with Crippen LogP contribution < -0.4 is 4.90 Å². The lowest BCUT2D eigenvalue weighted by Gasteiger charge is -2.20. The average molecular weight is 321 g/mol. The van der Waals surface area contributed by atoms with Gasteiger partial charge in [-0.25, -0.2) is 4.98 Å². The summed E-state index contributed by atoms with van der Waals surface area (Å²) >= 11 is 0. The summed E-state index contributed by atoms with van der Waals surface area (Å²) in [6.07, 6.45) is 4.42. The molecule has 0 unspecified atom stereocenters. The first kappa shape index (κ1) is 14.6. The normalized spacial score (nSPS) is 11.4. The van der Waals surface area contributed by atoms with E-state index in [-0.39, 0.29) is 0 Å². The third kappa shape index (κ3) is 2.47. The first-order valence-corrected chi connectivity index (χ1v) is 8.07. The van der Waals surface area contributed by atoms with E-state index in [2.05, 4.69) is 55.9 Å². The highest BCUT2D eigenvalue weighted by Gasteiger charge is 2.12. The van der Waals surface area contributed by atoms with Gasteiger partial charge in [-0.05, 0) is 24.6 Å². The Morgan fingerprint density at radius 3 is 2.92 bits per heavy atom. The van der Waals surface area contributed by atoms with Crippen molar-refractivity contribution in [2.75, 3.05) is 18.5 Å². The fourth-order valence-corrected chi connectivity index (χ4v) is 2.88. The fourth-order valence-electron chi connectivity index (χ4n) is 2.88. The number of para-hydroxylation sites is 2. The zero-order valence-electron chi connectivity index (χ0n) is 13.8. The molecule has 24 heavy (non-hydrogen) atoms. The van der Waals surface area contributed by atoms with Gasteiger partial charge in [-0.3, -0.25) is 0 Å². The molecule has 3 heterocycles. The number of fused-ring (bicyclic) bond motifs is 2. The van der Waals surface area contributed by atoms with Gasteiger partial charge in [0.15, 0.2) is 0 Å². The van der Waals surface area contributed by atoms with E-state index in [0.717, 1.165) is 47.6 Å². The highest BCUT2D eigenvalue weighted by atomic mass is 15.4. The van der Waals surface area contributed by atoms with Gasteiger partial charge in [0.2, 0.25) is 5.65 Å². The van der Waals surface area contributed by atoms with Crippen LogP contribution in [0.5, 0.6) is 0 Å². The molecule has 122 valence electrons. The van der Waals surface area contributed by atoms with E-state index >= 15 is 0 Å². The summed E-state index contributed by atoms with van der Waals surface area (Å²) < 4.78 is 3.92. The van der Waals surface area contributed by atoms with Gasteiger partial charge >= 0.3 is 0 Å². The number of imidazole rings is 1. The molecule has 0 aliphatic rings. The second-order valence-corrected chi connectivity index (χ2v) is 5.82. The second-order valence-electron chi connectivity index (χ2n) is 5.82. The van der Waals surface area contributed by atoms with Crippen LogP contribution >= 0.6 is 0 Å². The molecule has 0 aliphatic carbocycles. The average Bonchev–Trinajstić information content (AvgIpc) is 3.25. The number of hydrogen-bond acceptors (Lipinski definition) is 5. The molecular formula is C17H19N7. The monoisotopic (exact) mass is 321 g/mol. The minimum absolute atomic E-state index is 0.783. The summed E-state index contributed by atoms with van der Waals surface area (Å²) in [6, 6.07) is 10.3. The van der Waals surface area contributed by atoms with Crippen LogP contribution in [0, 0.1) is 0 Å². The highest BCUT2D eigenvalue weighted by Crippen LogP contribution is 2.20. The quantitative estimate of drug-likeness (QED) is 0.564. The molecule has 0 radical (unpaired) electrons. The van der Waals surface area contributed by atoms with Crippen LogP contribution in [0.1, 0.15) is 12.6 Å². The first-order valence-electron chi connectivity index (χ1n) is 8.07. The zero-order chi connectivity index (χ0) is 16.5. The smallest absolute Gasteiger partial charge is 0.200 e. The van der Waals surface area contributed by atoms with E-state index in [9.17, 15) is 0 Å². The summed E-state index contributed by atoms with van der Waals surface area (Å²) in [7, 11) is 2.07. The van der Waals surface area contributed by atoms with Gasteiger partial charge in [-0.15, -0.1) is 10.2 Å². The Morgan fingerprint density at radius 2 is 2.04 bits per heavy atom. The molecule has 3 aromatic heterocycles. The van der Waals surface area contributed by atoms with E-state index in [1.807, 2.05) is 24.5 Å². The summed E-state index contributed by atoms with van der Waals surface area (Å²) in [5.41, 5.74) is 5.03. The van der Waals surface area contributed by atoms with Crippen molar-refractivity contribution < 1.29 is 0 Å². The van der Waals surface area contributed by atoms with Crippen LogP contribution in [0.25, 0.3) is 16.7 Å². The third-order valence-corrected chi connectivity index (χ3v) is 4.28. The van der Waals surface area contributed by atoms with E-state index in [0.29, 0.717) is 0 Å². The van der Waals surface area contributed by atoms with Crippen LogP contribution in [0.2, 0.25) is 0 Å². The maximum Gasteiger partial charge on any atom is 0.200 e. The third-order valence-electron chi connectivity index (χ3n) is 4.28. The predicted octanol–water partition coefficient (Wildman–Crippen LogP) is 2.17. The minimum Gasteiger partial charge on any atom is -0.370 e. The van der Waals surface area contributed by atoms with Gasteiger partial charge in [-0.2, -0.15) is 9.61 Å². The second kappa shape index (κ2) is 5.92. The number of nitrogens with zero attached hydrogens (tertiary/aromatic N) is 7. The van der Waals surface area contributed by atoms with Gasteiger partial charge in [0.25, 0.3) is 0 Å². The lowest BCUT2D eigenvalue weighted by Crippen LogP contribution is -2.23. The van der Waals surface area contributed by atoms with Crippen molar-refractivity contribution >= 4 is 22.4 Å². The van der Waals surface area contributed by atoms with Crippen molar-refractivity contribution in [2.24, 2.45) is 0 Å². The molecule has 0 N–H and O–H groups in total. The molecular weight excluding hydrogens is 302 g/mol. The number of rotatable bonds is 5. The summed E-state index contributed by atoms with van der Waals surface area (Å²) in [5.74, 6) is 0. The minimum atomic E-state index is 0.783. The van der Waals surface area contributed by atoms with Crippen LogP contribution in [0.15, 0.2) is 43.0 Å². The molecule has 4 aromatic rings. The Labute approximate surface area is 139 Å². The van der Waals surface area contributed by atoms with Crippen molar-refractivity contribution in [1.82, 2.24) is 29.4 Å². The SMILES string of the molecule is CCc1cc(N(C)CCn2cnc3ccccc32)c2nncn2n1. The number of aryl methyl sites for hydroxylation is 1. The lowest BCUT2D eigenvalue weighted by atomic mass is 10.2. The van der Waals surface area contributed by atoms with Crippen LogP contribution in [0.4, 0.5) is 5.69 Å². The molecule has 7 nitrogen and oxygen atoms in total. The van der Waals surface area contributed by atoms with Crippen molar-refractivity contribution in [3.63, 3.8) is 0 Å². The van der Waals surface area contributed by atoms with Gasteiger partial charge < -0.3 is 9.47 Å². The molecule has 0 saturated carbocycles. The van der Waals surface area contributed by atoms with Gasteiger partial charge in [-0.1, -0.05) is 19.1 Å². The summed E-state index contributed by atoms with van der Waals surface area (Å²) in [6.45, 7) is 3.79. The van der Waals surface area contributed by atoms with Crippen molar-refractivity contribution in [3.8, 4) is 0 Å². The van der Waals surface area contributed by atoms with Crippen LogP contribution in [-0.4, -0.2) is 43.0 Å². The van der Waals surface area contributed by atoms with Gasteiger partial charge in [0.1, 0.15) is 6.33 Å². The number of benzene rings is 1. The van der Waals surface area contributed by atoms with E-state index in [4.69, 9.17) is 0 Å². The van der Waals surface area contributed by atoms with E-state index in [1.54, 1.807) is 10.8 Å². The summed E-state index contributed by atoms with van der Waals surface area (Å²) in [4.78, 5) is 6.64. The molecule has 7 heteroatoms. The molecule has 0 amide bonds. The fraction of sp³-hybridized carbons (Fsp3) is 0.294. The number of hydrogen-bond donors (Lipinski definition) is 0. The molecule has 0 fully saturated rings. The number of anilines is 1. The molecule has 0 saturated heterocycles. The Hall–Kier alpha value is -2.96. The Kier molecular flexibility index (Phi) is 3.60. The van der Waals surface area contributed by atoms with Crippen molar-refractivity contribution in [1.29, 1.82) is 0 Å². The zero-order valence-corrected chi connectivity index (χ0v) is 13.8. The van der Waals surface area contributed by atoms with Gasteiger partial charge in [0.05, 0.1) is 28.7 Å². The van der Waals surface area contributed by atoms with Gasteiger partial charge in [0, 0.05) is 20.1 Å². The van der Waals surface area contributed by atoms with Crippen molar-refractivity contribution in [2.45, 2.75) is 19.9 Å². The number of aromatic nitrogens is 6. The van der Waals surface area contributed by atoms with Crippen LogP contribution in [0.3, 0.4) is 0 Å². The Balaban J connectivity index is 1.60. The topological polar surface area (TPSA) is 64.1 Å². The molecule has 0 atom stereocenters. The molecule has 0 bridgehead atoms.